The van der Waals surface area contributed by atoms with E-state index in [1.807, 2.05) is 91.0 Å². The van der Waals surface area contributed by atoms with Crippen molar-refractivity contribution >= 4 is 38.9 Å². The molecule has 0 aliphatic rings. The van der Waals surface area contributed by atoms with Gasteiger partial charge in [-0.15, -0.1) is 0 Å². The molecule has 1 heterocycles. The Kier molecular flexibility index (Phi) is 7.90. The van der Waals surface area contributed by atoms with E-state index in [4.69, 9.17) is 0 Å². The van der Waals surface area contributed by atoms with Crippen molar-refractivity contribution in [1.82, 2.24) is 4.57 Å². The number of benzene rings is 8. The van der Waals surface area contributed by atoms with Gasteiger partial charge in [-0.2, -0.15) is 0 Å². The molecule has 2 nitrogen and oxygen atoms in total. The van der Waals surface area contributed by atoms with Crippen molar-refractivity contribution in [2.45, 2.75) is 0 Å². The number of anilines is 3. The first-order valence-electron chi connectivity index (χ1n) is 17.3. The summed E-state index contributed by atoms with van der Waals surface area (Å²) in [7, 11) is 0. The fourth-order valence-electron chi connectivity index (χ4n) is 7.29. The van der Waals surface area contributed by atoms with Crippen molar-refractivity contribution in [1.29, 1.82) is 0 Å². The van der Waals surface area contributed by atoms with Gasteiger partial charge in [-0.25, -0.2) is 8.78 Å². The number of hydrogen-bond donors (Lipinski definition) is 0. The van der Waals surface area contributed by atoms with Crippen molar-refractivity contribution in [3.63, 3.8) is 0 Å². The van der Waals surface area contributed by atoms with Crippen LogP contribution in [0.15, 0.2) is 194 Å². The molecule has 0 aliphatic carbocycles. The molecule has 0 unspecified atom stereocenters. The van der Waals surface area contributed by atoms with E-state index in [1.54, 1.807) is 4.90 Å². The highest BCUT2D eigenvalue weighted by Gasteiger charge is 2.23. The Bertz CT molecular complexity index is 2660. The van der Waals surface area contributed by atoms with Gasteiger partial charge < -0.3 is 9.47 Å². The van der Waals surface area contributed by atoms with E-state index < -0.39 is 11.6 Å². The average Bonchev–Trinajstić information content (AvgIpc) is 3.53. The molecular weight excluding hydrogens is 643 g/mol. The first-order chi connectivity index (χ1) is 25.6. The monoisotopic (exact) mass is 674 g/mol. The highest BCUT2D eigenvalue weighted by Crippen LogP contribution is 2.44. The number of rotatable bonds is 7. The molecule has 9 aromatic rings. The predicted molar refractivity (Wildman–Crippen MR) is 212 cm³/mol. The maximum atomic E-state index is 15.6. The van der Waals surface area contributed by atoms with Crippen LogP contribution in [0.1, 0.15) is 0 Å². The lowest BCUT2D eigenvalue weighted by molar-refractivity contribution is 0.586. The number of para-hydroxylation sites is 3. The predicted octanol–water partition coefficient (Wildman–Crippen LogP) is 13.5. The maximum absolute atomic E-state index is 15.6. The Hall–Kier alpha value is -6.78. The van der Waals surface area contributed by atoms with Crippen LogP contribution in [0.3, 0.4) is 0 Å². The second-order valence-corrected chi connectivity index (χ2v) is 12.8. The molecule has 0 N–H and O–H groups in total. The third-order valence-electron chi connectivity index (χ3n) is 9.74. The van der Waals surface area contributed by atoms with Crippen molar-refractivity contribution in [2.24, 2.45) is 0 Å². The van der Waals surface area contributed by atoms with Crippen LogP contribution < -0.4 is 4.90 Å². The van der Waals surface area contributed by atoms with E-state index in [0.717, 1.165) is 55.3 Å². The Morgan fingerprint density at radius 1 is 0.385 bits per heavy atom. The first-order valence-corrected chi connectivity index (χ1v) is 17.3. The molecular formula is C48H32F2N2. The molecule has 8 aromatic carbocycles. The molecule has 0 saturated carbocycles. The average molecular weight is 675 g/mol. The summed E-state index contributed by atoms with van der Waals surface area (Å²) in [5, 5.41) is 2.31. The second-order valence-electron chi connectivity index (χ2n) is 12.8. The molecule has 52 heavy (non-hydrogen) atoms. The van der Waals surface area contributed by atoms with Crippen LogP contribution in [-0.2, 0) is 0 Å². The zero-order chi connectivity index (χ0) is 35.0. The standard InChI is InChI=1S/C48H32F2N2/c49-43-20-12-21-44(50)48(43)52(45-22-11-10-19-40(45)35-15-6-2-7-16-35)39-27-23-34(24-28-39)37-26-30-47-42(32-37)41-31-36(33-13-4-1-5-14-33)25-29-46(41)51(47)38-17-8-3-9-18-38/h1-32H. The Morgan fingerprint density at radius 2 is 0.865 bits per heavy atom. The van der Waals surface area contributed by atoms with Crippen LogP contribution in [0.2, 0.25) is 0 Å². The van der Waals surface area contributed by atoms with Gasteiger partial charge in [-0.1, -0.05) is 127 Å². The van der Waals surface area contributed by atoms with Crippen molar-refractivity contribution in [3.8, 4) is 39.1 Å². The number of fused-ring (bicyclic) bond motifs is 3. The zero-order valence-electron chi connectivity index (χ0n) is 28.1. The van der Waals surface area contributed by atoms with Crippen LogP contribution >= 0.6 is 0 Å². The fraction of sp³-hybridized carbons (Fsp3) is 0. The van der Waals surface area contributed by atoms with Crippen LogP contribution in [-0.4, -0.2) is 4.57 Å². The summed E-state index contributed by atoms with van der Waals surface area (Å²) in [6, 6.07) is 63.7. The Morgan fingerprint density at radius 3 is 1.46 bits per heavy atom. The first kappa shape index (κ1) is 31.2. The van der Waals surface area contributed by atoms with Crippen molar-refractivity contribution in [3.05, 3.63) is 206 Å². The van der Waals surface area contributed by atoms with Crippen molar-refractivity contribution in [2.75, 3.05) is 4.90 Å². The quantitative estimate of drug-likeness (QED) is 0.163. The molecule has 0 bridgehead atoms. The molecule has 1 aromatic heterocycles. The largest absolute Gasteiger partial charge is 0.309 e. The van der Waals surface area contributed by atoms with E-state index >= 15 is 8.78 Å². The van der Waals surface area contributed by atoms with Crippen LogP contribution in [0.4, 0.5) is 25.8 Å². The number of hydrogen-bond acceptors (Lipinski definition) is 1. The van der Waals surface area contributed by atoms with Gasteiger partial charge >= 0.3 is 0 Å². The maximum Gasteiger partial charge on any atom is 0.150 e. The zero-order valence-corrected chi connectivity index (χ0v) is 28.1. The third kappa shape index (κ3) is 5.51. The summed E-state index contributed by atoms with van der Waals surface area (Å²) in [4.78, 5) is 1.68. The summed E-state index contributed by atoms with van der Waals surface area (Å²) in [5.41, 5.74) is 10.7. The minimum atomic E-state index is -0.637. The minimum absolute atomic E-state index is 0.122. The van der Waals surface area contributed by atoms with Gasteiger partial charge in [0, 0.05) is 27.7 Å². The van der Waals surface area contributed by atoms with Crippen LogP contribution in [0.25, 0.3) is 60.9 Å². The lowest BCUT2D eigenvalue weighted by atomic mass is 9.99. The molecule has 0 spiro atoms. The van der Waals surface area contributed by atoms with Gasteiger partial charge in [0.15, 0.2) is 0 Å². The van der Waals surface area contributed by atoms with E-state index in [2.05, 4.69) is 89.5 Å². The smallest absolute Gasteiger partial charge is 0.150 e. The number of aromatic nitrogens is 1. The van der Waals surface area contributed by atoms with Gasteiger partial charge in [0.2, 0.25) is 0 Å². The van der Waals surface area contributed by atoms with E-state index in [-0.39, 0.29) is 5.69 Å². The summed E-state index contributed by atoms with van der Waals surface area (Å²) >= 11 is 0. The second kappa shape index (κ2) is 13.2. The minimum Gasteiger partial charge on any atom is -0.309 e. The van der Waals surface area contributed by atoms with Crippen molar-refractivity contribution < 1.29 is 8.78 Å². The van der Waals surface area contributed by atoms with Gasteiger partial charge in [0.05, 0.1) is 16.7 Å². The van der Waals surface area contributed by atoms with Crippen LogP contribution in [0, 0.1) is 11.6 Å². The summed E-state index contributed by atoms with van der Waals surface area (Å²) in [5.74, 6) is -1.27. The SMILES string of the molecule is Fc1cccc(F)c1N(c1ccc(-c2ccc3c(c2)c2cc(-c4ccccc4)ccc2n3-c2ccccc2)cc1)c1ccccc1-c1ccccc1. The molecule has 248 valence electrons. The molecule has 0 radical (unpaired) electrons. The van der Waals surface area contributed by atoms with E-state index in [0.29, 0.717) is 11.4 Å². The molecule has 9 rings (SSSR count). The van der Waals surface area contributed by atoms with E-state index in [9.17, 15) is 0 Å². The number of halogens is 2. The van der Waals surface area contributed by atoms with E-state index in [1.165, 1.54) is 23.8 Å². The molecule has 4 heteroatoms. The highest BCUT2D eigenvalue weighted by atomic mass is 19.1. The normalized spacial score (nSPS) is 11.3. The Balaban J connectivity index is 1.19. The number of nitrogens with zero attached hydrogens (tertiary/aromatic N) is 2. The van der Waals surface area contributed by atoms with Gasteiger partial charge in [-0.05, 0) is 94.5 Å². The molecule has 0 fully saturated rings. The fourth-order valence-corrected chi connectivity index (χ4v) is 7.29. The third-order valence-corrected chi connectivity index (χ3v) is 9.74. The highest BCUT2D eigenvalue weighted by molar-refractivity contribution is 6.11. The summed E-state index contributed by atoms with van der Waals surface area (Å²) < 4.78 is 33.5. The van der Waals surface area contributed by atoms with Crippen LogP contribution in [0.5, 0.6) is 0 Å². The van der Waals surface area contributed by atoms with Gasteiger partial charge in [0.25, 0.3) is 0 Å². The summed E-state index contributed by atoms with van der Waals surface area (Å²) in [6.07, 6.45) is 0. The van der Waals surface area contributed by atoms with Gasteiger partial charge in [0.1, 0.15) is 17.3 Å². The molecule has 0 saturated heterocycles. The summed E-state index contributed by atoms with van der Waals surface area (Å²) in [6.45, 7) is 0. The Labute approximate surface area is 301 Å². The molecule has 0 amide bonds. The van der Waals surface area contributed by atoms with Gasteiger partial charge in [-0.3, -0.25) is 0 Å². The molecule has 0 atom stereocenters. The lowest BCUT2D eigenvalue weighted by Gasteiger charge is -2.28. The molecule has 0 aliphatic heterocycles. The topological polar surface area (TPSA) is 8.17 Å². The lowest BCUT2D eigenvalue weighted by Crippen LogP contribution is -2.14.